The molecule has 0 aliphatic carbocycles. The molecule has 2 aromatic rings. The summed E-state index contributed by atoms with van der Waals surface area (Å²) < 4.78 is 1.10. The third-order valence-corrected chi connectivity index (χ3v) is 3.18. The van der Waals surface area contributed by atoms with E-state index in [0.29, 0.717) is 12.5 Å². The summed E-state index contributed by atoms with van der Waals surface area (Å²) in [5.41, 5.74) is 9.48. The second kappa shape index (κ2) is 3.99. The molecule has 0 aliphatic heterocycles. The maximum Gasteiger partial charge on any atom is 0.0460 e. The standard InChI is InChI=1S/C12H15BrN2/c1-7(2)12-10(6-14)9-5-8(13)3-4-11(9)15-12/h3-5,7,15H,6,14H2,1-2H3. The number of halogens is 1. The van der Waals surface area contributed by atoms with Crippen LogP contribution in [0.1, 0.15) is 31.0 Å². The van der Waals surface area contributed by atoms with Crippen molar-refractivity contribution in [3.8, 4) is 0 Å². The summed E-state index contributed by atoms with van der Waals surface area (Å²) in [6, 6.07) is 6.26. The minimum atomic E-state index is 0.481. The highest BCUT2D eigenvalue weighted by Gasteiger charge is 2.12. The first kappa shape index (κ1) is 10.7. The molecule has 80 valence electrons. The van der Waals surface area contributed by atoms with E-state index in [0.717, 1.165) is 4.47 Å². The molecule has 3 N–H and O–H groups in total. The number of aromatic amines is 1. The van der Waals surface area contributed by atoms with Gasteiger partial charge in [0.15, 0.2) is 0 Å². The lowest BCUT2D eigenvalue weighted by atomic mass is 10.0. The van der Waals surface area contributed by atoms with Crippen molar-refractivity contribution >= 4 is 26.8 Å². The van der Waals surface area contributed by atoms with Crippen molar-refractivity contribution < 1.29 is 0 Å². The van der Waals surface area contributed by atoms with E-state index in [-0.39, 0.29) is 0 Å². The third-order valence-electron chi connectivity index (χ3n) is 2.68. The van der Waals surface area contributed by atoms with Gasteiger partial charge in [-0.25, -0.2) is 0 Å². The molecule has 0 saturated heterocycles. The molecular formula is C12H15BrN2. The summed E-state index contributed by atoms with van der Waals surface area (Å²) in [6.07, 6.45) is 0. The van der Waals surface area contributed by atoms with Gasteiger partial charge in [0.2, 0.25) is 0 Å². The SMILES string of the molecule is CC(C)c1[nH]c2ccc(Br)cc2c1CN. The van der Waals surface area contributed by atoms with Crippen LogP contribution in [0.3, 0.4) is 0 Å². The number of hydrogen-bond acceptors (Lipinski definition) is 1. The Bertz CT molecular complexity index is 486. The number of benzene rings is 1. The molecule has 0 radical (unpaired) electrons. The Morgan fingerprint density at radius 2 is 2.13 bits per heavy atom. The summed E-state index contributed by atoms with van der Waals surface area (Å²) >= 11 is 3.49. The van der Waals surface area contributed by atoms with Gasteiger partial charge in [-0.3, -0.25) is 0 Å². The molecule has 2 rings (SSSR count). The predicted molar refractivity (Wildman–Crippen MR) is 68.0 cm³/mol. The van der Waals surface area contributed by atoms with Gasteiger partial charge in [-0.15, -0.1) is 0 Å². The van der Waals surface area contributed by atoms with Crippen LogP contribution >= 0.6 is 15.9 Å². The summed E-state index contributed by atoms with van der Waals surface area (Å²) in [4.78, 5) is 3.44. The van der Waals surface area contributed by atoms with E-state index in [4.69, 9.17) is 5.73 Å². The van der Waals surface area contributed by atoms with Crippen LogP contribution in [0.25, 0.3) is 10.9 Å². The lowest BCUT2D eigenvalue weighted by Gasteiger charge is -2.04. The quantitative estimate of drug-likeness (QED) is 0.858. The van der Waals surface area contributed by atoms with Crippen molar-refractivity contribution in [2.24, 2.45) is 5.73 Å². The van der Waals surface area contributed by atoms with Crippen LogP contribution in [0, 0.1) is 0 Å². The molecular weight excluding hydrogens is 252 g/mol. The number of aromatic nitrogens is 1. The van der Waals surface area contributed by atoms with Crippen molar-refractivity contribution in [1.82, 2.24) is 4.98 Å². The predicted octanol–water partition coefficient (Wildman–Crippen LogP) is 3.51. The maximum atomic E-state index is 5.81. The molecule has 0 atom stereocenters. The van der Waals surface area contributed by atoms with Crippen molar-refractivity contribution in [3.63, 3.8) is 0 Å². The topological polar surface area (TPSA) is 41.8 Å². The molecule has 1 aromatic carbocycles. The van der Waals surface area contributed by atoms with Gasteiger partial charge in [0.25, 0.3) is 0 Å². The van der Waals surface area contributed by atoms with Crippen LogP contribution < -0.4 is 5.73 Å². The highest BCUT2D eigenvalue weighted by molar-refractivity contribution is 9.10. The average molecular weight is 267 g/mol. The Morgan fingerprint density at radius 3 is 2.73 bits per heavy atom. The summed E-state index contributed by atoms with van der Waals surface area (Å²) in [7, 11) is 0. The van der Waals surface area contributed by atoms with Crippen LogP contribution in [0.5, 0.6) is 0 Å². The molecule has 1 heterocycles. The molecule has 0 unspecified atom stereocenters. The van der Waals surface area contributed by atoms with Crippen molar-refractivity contribution in [3.05, 3.63) is 33.9 Å². The van der Waals surface area contributed by atoms with E-state index in [1.165, 1.54) is 22.2 Å². The van der Waals surface area contributed by atoms with Crippen molar-refractivity contribution in [2.45, 2.75) is 26.3 Å². The fourth-order valence-corrected chi connectivity index (χ4v) is 2.31. The summed E-state index contributed by atoms with van der Waals surface area (Å²) in [6.45, 7) is 4.95. The number of H-pyrrole nitrogens is 1. The molecule has 2 nitrogen and oxygen atoms in total. The fraction of sp³-hybridized carbons (Fsp3) is 0.333. The van der Waals surface area contributed by atoms with Gasteiger partial charge in [-0.2, -0.15) is 0 Å². The lowest BCUT2D eigenvalue weighted by molar-refractivity contribution is 0.814. The minimum absolute atomic E-state index is 0.481. The first-order valence-corrected chi connectivity index (χ1v) is 5.93. The number of nitrogens with two attached hydrogens (primary N) is 1. The zero-order chi connectivity index (χ0) is 11.0. The highest BCUT2D eigenvalue weighted by atomic mass is 79.9. The smallest absolute Gasteiger partial charge is 0.0460 e. The van der Waals surface area contributed by atoms with E-state index in [1.807, 2.05) is 6.07 Å². The van der Waals surface area contributed by atoms with Crippen molar-refractivity contribution in [2.75, 3.05) is 0 Å². The van der Waals surface area contributed by atoms with Crippen LogP contribution in [0.2, 0.25) is 0 Å². The van der Waals surface area contributed by atoms with Gasteiger partial charge < -0.3 is 10.7 Å². The molecule has 0 bridgehead atoms. The number of nitrogens with one attached hydrogen (secondary N) is 1. The summed E-state index contributed by atoms with van der Waals surface area (Å²) in [5.74, 6) is 0.481. The lowest BCUT2D eigenvalue weighted by Crippen LogP contribution is -2.01. The Morgan fingerprint density at radius 1 is 1.40 bits per heavy atom. The van der Waals surface area contributed by atoms with Crippen LogP contribution in [0.4, 0.5) is 0 Å². The molecule has 0 amide bonds. The van der Waals surface area contributed by atoms with Gasteiger partial charge in [-0.1, -0.05) is 29.8 Å². The second-order valence-electron chi connectivity index (χ2n) is 4.07. The Labute approximate surface area is 98.0 Å². The van der Waals surface area contributed by atoms with E-state index in [1.54, 1.807) is 0 Å². The van der Waals surface area contributed by atoms with E-state index >= 15 is 0 Å². The Hall–Kier alpha value is -0.800. The maximum absolute atomic E-state index is 5.81. The highest BCUT2D eigenvalue weighted by Crippen LogP contribution is 2.29. The van der Waals surface area contributed by atoms with E-state index < -0.39 is 0 Å². The van der Waals surface area contributed by atoms with E-state index in [9.17, 15) is 0 Å². The van der Waals surface area contributed by atoms with Gasteiger partial charge >= 0.3 is 0 Å². The minimum Gasteiger partial charge on any atom is -0.358 e. The second-order valence-corrected chi connectivity index (χ2v) is 4.98. The molecule has 0 spiro atoms. The number of rotatable bonds is 2. The first-order valence-electron chi connectivity index (χ1n) is 5.13. The monoisotopic (exact) mass is 266 g/mol. The van der Waals surface area contributed by atoms with Gasteiger partial charge in [0.1, 0.15) is 0 Å². The Kier molecular flexibility index (Phi) is 2.85. The largest absolute Gasteiger partial charge is 0.358 e. The number of fused-ring (bicyclic) bond motifs is 1. The molecule has 3 heteroatoms. The average Bonchev–Trinajstić information content (AvgIpc) is 2.55. The van der Waals surface area contributed by atoms with Gasteiger partial charge in [-0.05, 0) is 29.7 Å². The molecule has 0 aliphatic rings. The molecule has 1 aromatic heterocycles. The zero-order valence-electron chi connectivity index (χ0n) is 8.97. The van der Waals surface area contributed by atoms with Crippen molar-refractivity contribution in [1.29, 1.82) is 0 Å². The van der Waals surface area contributed by atoms with Gasteiger partial charge in [0, 0.05) is 27.6 Å². The molecule has 0 saturated carbocycles. The zero-order valence-corrected chi connectivity index (χ0v) is 10.6. The van der Waals surface area contributed by atoms with Crippen LogP contribution in [-0.4, -0.2) is 4.98 Å². The summed E-state index contributed by atoms with van der Waals surface area (Å²) in [5, 5.41) is 1.23. The normalized spacial score (nSPS) is 11.5. The van der Waals surface area contributed by atoms with E-state index in [2.05, 4.69) is 46.9 Å². The first-order chi connectivity index (χ1) is 7.13. The third kappa shape index (κ3) is 1.82. The van der Waals surface area contributed by atoms with Crippen LogP contribution in [0.15, 0.2) is 22.7 Å². The van der Waals surface area contributed by atoms with Crippen LogP contribution in [-0.2, 0) is 6.54 Å². The van der Waals surface area contributed by atoms with Gasteiger partial charge in [0.05, 0.1) is 0 Å². The molecule has 0 fully saturated rings. The fourth-order valence-electron chi connectivity index (χ4n) is 1.95. The molecule has 15 heavy (non-hydrogen) atoms. The number of hydrogen-bond donors (Lipinski definition) is 2. The Balaban J connectivity index is 2.74.